The van der Waals surface area contributed by atoms with E-state index in [2.05, 4.69) is 10.4 Å². The predicted molar refractivity (Wildman–Crippen MR) is 67.1 cm³/mol. The molecule has 0 aliphatic heterocycles. The van der Waals surface area contributed by atoms with Gasteiger partial charge in [-0.1, -0.05) is 6.07 Å². The number of pyridine rings is 1. The molecule has 0 amide bonds. The number of aromatic nitrogens is 3. The molecule has 2 aromatic rings. The molecular weight excluding hydrogens is 216 g/mol. The Hall–Kier alpha value is -2.04. The average Bonchev–Trinajstić information content (AvgIpc) is 2.60. The number of nitrogens with zero attached hydrogens (tertiary/aromatic N) is 3. The van der Waals surface area contributed by atoms with E-state index in [1.54, 1.807) is 27.6 Å². The van der Waals surface area contributed by atoms with E-state index in [0.717, 1.165) is 11.4 Å². The summed E-state index contributed by atoms with van der Waals surface area (Å²) in [6.07, 6.45) is 3.73. The Balaban J connectivity index is 1.94. The van der Waals surface area contributed by atoms with E-state index in [9.17, 15) is 4.79 Å². The summed E-state index contributed by atoms with van der Waals surface area (Å²) in [4.78, 5) is 11.5. The number of nitrogens with one attached hydrogen (secondary N) is 1. The van der Waals surface area contributed by atoms with Crippen LogP contribution in [0.5, 0.6) is 0 Å². The molecule has 5 nitrogen and oxygen atoms in total. The van der Waals surface area contributed by atoms with Gasteiger partial charge in [-0.15, -0.1) is 0 Å². The van der Waals surface area contributed by atoms with Crippen LogP contribution < -0.4 is 10.9 Å². The predicted octanol–water partition coefficient (Wildman–Crippen LogP) is 1.00. The molecule has 2 heterocycles. The number of aryl methyl sites for hydroxylation is 2. The molecule has 2 aromatic heterocycles. The van der Waals surface area contributed by atoms with Crippen molar-refractivity contribution in [2.75, 3.05) is 11.9 Å². The van der Waals surface area contributed by atoms with Crippen LogP contribution in [-0.4, -0.2) is 20.9 Å². The van der Waals surface area contributed by atoms with E-state index >= 15 is 0 Å². The summed E-state index contributed by atoms with van der Waals surface area (Å²) in [5.74, 6) is 0. The van der Waals surface area contributed by atoms with Gasteiger partial charge < -0.3 is 9.88 Å². The first-order chi connectivity index (χ1) is 8.16. The first-order valence-electron chi connectivity index (χ1n) is 5.56. The Kier molecular flexibility index (Phi) is 3.27. The maximum atomic E-state index is 11.5. The van der Waals surface area contributed by atoms with Crippen molar-refractivity contribution in [3.8, 4) is 0 Å². The lowest BCUT2D eigenvalue weighted by Crippen LogP contribution is -2.22. The highest BCUT2D eigenvalue weighted by Crippen LogP contribution is 2.10. The van der Waals surface area contributed by atoms with E-state index in [-0.39, 0.29) is 5.56 Å². The van der Waals surface area contributed by atoms with Crippen molar-refractivity contribution in [3.05, 3.63) is 46.6 Å². The Labute approximate surface area is 99.7 Å². The molecule has 0 saturated heterocycles. The molecule has 0 bridgehead atoms. The molecule has 0 spiro atoms. The van der Waals surface area contributed by atoms with Crippen molar-refractivity contribution in [1.29, 1.82) is 0 Å². The van der Waals surface area contributed by atoms with Crippen LogP contribution in [0.2, 0.25) is 0 Å². The zero-order valence-corrected chi connectivity index (χ0v) is 10.1. The van der Waals surface area contributed by atoms with Gasteiger partial charge in [-0.3, -0.25) is 9.48 Å². The van der Waals surface area contributed by atoms with E-state index in [1.807, 2.05) is 26.2 Å². The van der Waals surface area contributed by atoms with E-state index < -0.39 is 0 Å². The number of hydrogen-bond donors (Lipinski definition) is 1. The van der Waals surface area contributed by atoms with Crippen molar-refractivity contribution in [2.24, 2.45) is 7.05 Å². The summed E-state index contributed by atoms with van der Waals surface area (Å²) in [5, 5.41) is 7.51. The second-order valence-corrected chi connectivity index (χ2v) is 3.96. The summed E-state index contributed by atoms with van der Waals surface area (Å²) >= 11 is 0. The number of hydrogen-bond acceptors (Lipinski definition) is 3. The summed E-state index contributed by atoms with van der Waals surface area (Å²) in [7, 11) is 1.89. The van der Waals surface area contributed by atoms with Crippen LogP contribution in [0.25, 0.3) is 0 Å². The highest BCUT2D eigenvalue weighted by Gasteiger charge is 2.01. The topological polar surface area (TPSA) is 51.9 Å². The Morgan fingerprint density at radius 1 is 1.41 bits per heavy atom. The highest BCUT2D eigenvalue weighted by atomic mass is 16.1. The quantitative estimate of drug-likeness (QED) is 0.855. The molecule has 0 saturated carbocycles. The van der Waals surface area contributed by atoms with Crippen LogP contribution in [0.3, 0.4) is 0 Å². The fraction of sp³-hybridized carbons (Fsp3) is 0.333. The molecule has 0 fully saturated rings. The van der Waals surface area contributed by atoms with Crippen molar-refractivity contribution in [1.82, 2.24) is 14.3 Å². The summed E-state index contributed by atoms with van der Waals surface area (Å²) < 4.78 is 3.45. The molecule has 0 atom stereocenters. The maximum Gasteiger partial charge on any atom is 0.250 e. The molecule has 0 unspecified atom stereocenters. The standard InChI is InChI=1S/C12H16N4O/c1-10-11(9-15(2)14-10)13-6-8-16-7-4-3-5-12(16)17/h3-5,7,9,13H,6,8H2,1-2H3. The van der Waals surface area contributed by atoms with Crippen LogP contribution in [0, 0.1) is 6.92 Å². The summed E-state index contributed by atoms with van der Waals surface area (Å²) in [6, 6.07) is 5.17. The summed E-state index contributed by atoms with van der Waals surface area (Å²) in [6.45, 7) is 3.31. The Morgan fingerprint density at radius 2 is 2.24 bits per heavy atom. The zero-order valence-electron chi connectivity index (χ0n) is 10.1. The van der Waals surface area contributed by atoms with Crippen LogP contribution >= 0.6 is 0 Å². The highest BCUT2D eigenvalue weighted by molar-refractivity contribution is 5.45. The van der Waals surface area contributed by atoms with Crippen LogP contribution in [-0.2, 0) is 13.6 Å². The molecule has 0 aliphatic carbocycles. The van der Waals surface area contributed by atoms with Crippen molar-refractivity contribution >= 4 is 5.69 Å². The lowest BCUT2D eigenvalue weighted by Gasteiger charge is -2.06. The Morgan fingerprint density at radius 3 is 2.88 bits per heavy atom. The molecule has 0 radical (unpaired) electrons. The van der Waals surface area contributed by atoms with Gasteiger partial charge in [0.2, 0.25) is 0 Å². The van der Waals surface area contributed by atoms with Gasteiger partial charge in [0.25, 0.3) is 5.56 Å². The van der Waals surface area contributed by atoms with Crippen molar-refractivity contribution in [3.63, 3.8) is 0 Å². The van der Waals surface area contributed by atoms with Gasteiger partial charge >= 0.3 is 0 Å². The second kappa shape index (κ2) is 4.86. The first-order valence-corrected chi connectivity index (χ1v) is 5.56. The normalized spacial score (nSPS) is 10.5. The molecule has 17 heavy (non-hydrogen) atoms. The van der Waals surface area contributed by atoms with E-state index in [0.29, 0.717) is 13.1 Å². The SMILES string of the molecule is Cc1nn(C)cc1NCCn1ccccc1=O. The van der Waals surface area contributed by atoms with Crippen LogP contribution in [0.1, 0.15) is 5.69 Å². The summed E-state index contributed by atoms with van der Waals surface area (Å²) in [5.41, 5.74) is 2.00. The van der Waals surface area contributed by atoms with Crippen molar-refractivity contribution < 1.29 is 0 Å². The first kappa shape index (κ1) is 11.4. The molecule has 0 aliphatic rings. The third-order valence-corrected chi connectivity index (χ3v) is 2.58. The van der Waals surface area contributed by atoms with Gasteiger partial charge in [0.05, 0.1) is 11.4 Å². The fourth-order valence-corrected chi connectivity index (χ4v) is 1.73. The lowest BCUT2D eigenvalue weighted by atomic mass is 10.4. The molecule has 90 valence electrons. The molecular formula is C12H16N4O. The third-order valence-electron chi connectivity index (χ3n) is 2.58. The molecule has 0 aromatic carbocycles. The van der Waals surface area contributed by atoms with E-state index in [4.69, 9.17) is 0 Å². The van der Waals surface area contributed by atoms with Gasteiger partial charge in [0.1, 0.15) is 0 Å². The van der Waals surface area contributed by atoms with Crippen molar-refractivity contribution in [2.45, 2.75) is 13.5 Å². The molecule has 1 N–H and O–H groups in total. The average molecular weight is 232 g/mol. The van der Waals surface area contributed by atoms with Gasteiger partial charge in [-0.2, -0.15) is 5.10 Å². The third kappa shape index (κ3) is 2.75. The Bertz CT molecular complexity index is 556. The zero-order chi connectivity index (χ0) is 12.3. The number of anilines is 1. The van der Waals surface area contributed by atoms with Gasteiger partial charge in [0.15, 0.2) is 0 Å². The smallest absolute Gasteiger partial charge is 0.250 e. The molecule has 5 heteroatoms. The second-order valence-electron chi connectivity index (χ2n) is 3.96. The minimum absolute atomic E-state index is 0.0252. The molecule has 2 rings (SSSR count). The minimum Gasteiger partial charge on any atom is -0.380 e. The van der Waals surface area contributed by atoms with Gasteiger partial charge in [0, 0.05) is 38.6 Å². The fourth-order valence-electron chi connectivity index (χ4n) is 1.73. The van der Waals surface area contributed by atoms with Crippen LogP contribution in [0.4, 0.5) is 5.69 Å². The minimum atomic E-state index is 0.0252. The number of rotatable bonds is 4. The monoisotopic (exact) mass is 232 g/mol. The van der Waals surface area contributed by atoms with E-state index in [1.165, 1.54) is 0 Å². The largest absolute Gasteiger partial charge is 0.380 e. The van der Waals surface area contributed by atoms with Gasteiger partial charge in [-0.05, 0) is 13.0 Å². The van der Waals surface area contributed by atoms with Gasteiger partial charge in [-0.25, -0.2) is 0 Å². The lowest BCUT2D eigenvalue weighted by molar-refractivity contribution is 0.697. The van der Waals surface area contributed by atoms with Crippen LogP contribution in [0.15, 0.2) is 35.4 Å². The maximum absolute atomic E-state index is 11.5.